The Labute approximate surface area is 133 Å². The zero-order valence-electron chi connectivity index (χ0n) is 13.8. The number of unbranched alkanes of at least 4 members (excludes halogenated alkanes) is 1. The average molecular weight is 305 g/mol. The molecular formula is C17H27N3O2. The molecule has 0 saturated carbocycles. The fourth-order valence-corrected chi connectivity index (χ4v) is 1.96. The van der Waals surface area contributed by atoms with E-state index < -0.39 is 0 Å². The molecular weight excluding hydrogens is 278 g/mol. The topological polar surface area (TPSA) is 61.4 Å². The third-order valence-electron chi connectivity index (χ3n) is 3.36. The van der Waals surface area contributed by atoms with Crippen molar-refractivity contribution in [1.29, 1.82) is 0 Å². The maximum atomic E-state index is 11.6. The third-order valence-corrected chi connectivity index (χ3v) is 3.36. The molecule has 0 aliphatic rings. The Morgan fingerprint density at radius 3 is 2.68 bits per heavy atom. The van der Waals surface area contributed by atoms with Gasteiger partial charge in [0.1, 0.15) is 0 Å². The number of nitrogens with one attached hydrogen (secondary N) is 2. The van der Waals surface area contributed by atoms with E-state index in [1.807, 2.05) is 24.3 Å². The molecule has 0 atom stereocenters. The first-order chi connectivity index (χ1) is 10.5. The summed E-state index contributed by atoms with van der Waals surface area (Å²) in [6.07, 6.45) is 3.27. The summed E-state index contributed by atoms with van der Waals surface area (Å²) >= 11 is 0. The Kier molecular flexibility index (Phi) is 8.04. The summed E-state index contributed by atoms with van der Waals surface area (Å²) in [4.78, 5) is 24.8. The van der Waals surface area contributed by atoms with Crippen molar-refractivity contribution in [1.82, 2.24) is 10.2 Å². The van der Waals surface area contributed by atoms with Crippen LogP contribution < -0.4 is 10.6 Å². The van der Waals surface area contributed by atoms with Gasteiger partial charge < -0.3 is 15.5 Å². The molecule has 0 radical (unpaired) electrons. The summed E-state index contributed by atoms with van der Waals surface area (Å²) in [7, 11) is 3.52. The normalized spacial score (nSPS) is 10.1. The van der Waals surface area contributed by atoms with Crippen LogP contribution in [0.1, 0.15) is 31.7 Å². The standard InChI is InChI=1S/C17H27N3O2/c1-4-5-11-18-16(21)13-19-15-8-6-7-14(12-15)9-10-17(22)20(2)3/h6-8,12,19H,4-5,9-11,13H2,1-3H3,(H,18,21). The minimum Gasteiger partial charge on any atom is -0.376 e. The van der Waals surface area contributed by atoms with Gasteiger partial charge in [0, 0.05) is 32.7 Å². The number of nitrogens with zero attached hydrogens (tertiary/aromatic N) is 1. The lowest BCUT2D eigenvalue weighted by molar-refractivity contribution is -0.128. The van der Waals surface area contributed by atoms with E-state index in [0.717, 1.165) is 30.6 Å². The fourth-order valence-electron chi connectivity index (χ4n) is 1.96. The Morgan fingerprint density at radius 2 is 2.00 bits per heavy atom. The van der Waals surface area contributed by atoms with Gasteiger partial charge in [0.15, 0.2) is 0 Å². The molecule has 122 valence electrons. The summed E-state index contributed by atoms with van der Waals surface area (Å²) in [5.41, 5.74) is 1.99. The van der Waals surface area contributed by atoms with Crippen LogP contribution in [0.2, 0.25) is 0 Å². The van der Waals surface area contributed by atoms with Crippen LogP contribution in [-0.2, 0) is 16.0 Å². The van der Waals surface area contributed by atoms with E-state index in [1.165, 1.54) is 0 Å². The van der Waals surface area contributed by atoms with E-state index in [2.05, 4.69) is 17.6 Å². The molecule has 1 aromatic carbocycles. The lowest BCUT2D eigenvalue weighted by atomic mass is 10.1. The zero-order valence-corrected chi connectivity index (χ0v) is 13.8. The molecule has 5 nitrogen and oxygen atoms in total. The summed E-state index contributed by atoms with van der Waals surface area (Å²) in [5.74, 6) is 0.121. The predicted molar refractivity (Wildman–Crippen MR) is 89.9 cm³/mol. The van der Waals surface area contributed by atoms with Crippen molar-refractivity contribution in [3.05, 3.63) is 29.8 Å². The Balaban J connectivity index is 2.40. The number of carbonyl (C=O) groups excluding carboxylic acids is 2. The van der Waals surface area contributed by atoms with Crippen molar-refractivity contribution < 1.29 is 9.59 Å². The van der Waals surface area contributed by atoms with Gasteiger partial charge in [-0.3, -0.25) is 9.59 Å². The van der Waals surface area contributed by atoms with Crippen molar-refractivity contribution in [2.45, 2.75) is 32.6 Å². The van der Waals surface area contributed by atoms with E-state index in [1.54, 1.807) is 19.0 Å². The van der Waals surface area contributed by atoms with E-state index in [0.29, 0.717) is 12.8 Å². The molecule has 0 unspecified atom stereocenters. The number of hydrogen-bond acceptors (Lipinski definition) is 3. The van der Waals surface area contributed by atoms with Crippen molar-refractivity contribution in [3.8, 4) is 0 Å². The van der Waals surface area contributed by atoms with Crippen LogP contribution in [0.3, 0.4) is 0 Å². The summed E-state index contributed by atoms with van der Waals surface area (Å²) < 4.78 is 0. The Bertz CT molecular complexity index is 487. The highest BCUT2D eigenvalue weighted by Gasteiger charge is 2.05. The van der Waals surface area contributed by atoms with Crippen molar-refractivity contribution >= 4 is 17.5 Å². The van der Waals surface area contributed by atoms with Gasteiger partial charge in [0.05, 0.1) is 6.54 Å². The highest BCUT2D eigenvalue weighted by Crippen LogP contribution is 2.12. The van der Waals surface area contributed by atoms with Crippen LogP contribution in [0.15, 0.2) is 24.3 Å². The molecule has 0 saturated heterocycles. The number of anilines is 1. The van der Waals surface area contributed by atoms with Crippen LogP contribution in [-0.4, -0.2) is 43.9 Å². The summed E-state index contributed by atoms with van der Waals surface area (Å²) in [6, 6.07) is 7.85. The second-order valence-electron chi connectivity index (χ2n) is 5.55. The SMILES string of the molecule is CCCCNC(=O)CNc1cccc(CCC(=O)N(C)C)c1. The molecule has 0 aromatic heterocycles. The Morgan fingerprint density at radius 1 is 1.23 bits per heavy atom. The molecule has 0 aliphatic carbocycles. The number of rotatable bonds is 9. The number of hydrogen-bond donors (Lipinski definition) is 2. The molecule has 0 fully saturated rings. The number of aryl methyl sites for hydroxylation is 1. The van der Waals surface area contributed by atoms with Crippen LogP contribution in [0, 0.1) is 0 Å². The largest absolute Gasteiger partial charge is 0.376 e. The smallest absolute Gasteiger partial charge is 0.239 e. The summed E-state index contributed by atoms with van der Waals surface area (Å²) in [6.45, 7) is 3.09. The molecule has 0 heterocycles. The first-order valence-corrected chi connectivity index (χ1v) is 7.82. The van der Waals surface area contributed by atoms with Gasteiger partial charge in [-0.05, 0) is 30.5 Å². The van der Waals surface area contributed by atoms with Crippen molar-refractivity contribution in [3.63, 3.8) is 0 Å². The van der Waals surface area contributed by atoms with Gasteiger partial charge >= 0.3 is 0 Å². The van der Waals surface area contributed by atoms with Crippen LogP contribution in [0.4, 0.5) is 5.69 Å². The monoisotopic (exact) mass is 305 g/mol. The quantitative estimate of drug-likeness (QED) is 0.686. The predicted octanol–water partition coefficient (Wildman–Crippen LogP) is 2.04. The van der Waals surface area contributed by atoms with Crippen LogP contribution in [0.5, 0.6) is 0 Å². The first-order valence-electron chi connectivity index (χ1n) is 7.82. The number of benzene rings is 1. The van der Waals surface area contributed by atoms with E-state index in [4.69, 9.17) is 0 Å². The average Bonchev–Trinajstić information content (AvgIpc) is 2.51. The minimum atomic E-state index is 0.00152. The van der Waals surface area contributed by atoms with Crippen LogP contribution in [0.25, 0.3) is 0 Å². The lowest BCUT2D eigenvalue weighted by Crippen LogP contribution is -2.30. The Hall–Kier alpha value is -2.04. The molecule has 0 aliphatic heterocycles. The van der Waals surface area contributed by atoms with Crippen molar-refractivity contribution in [2.75, 3.05) is 32.5 Å². The van der Waals surface area contributed by atoms with Gasteiger partial charge in [0.25, 0.3) is 0 Å². The molecule has 0 bridgehead atoms. The second-order valence-corrected chi connectivity index (χ2v) is 5.55. The highest BCUT2D eigenvalue weighted by atomic mass is 16.2. The fraction of sp³-hybridized carbons (Fsp3) is 0.529. The number of carbonyl (C=O) groups is 2. The molecule has 5 heteroatoms. The number of amides is 2. The van der Waals surface area contributed by atoms with Gasteiger partial charge in [-0.25, -0.2) is 0 Å². The second kappa shape index (κ2) is 9.82. The van der Waals surface area contributed by atoms with E-state index in [-0.39, 0.29) is 18.4 Å². The van der Waals surface area contributed by atoms with E-state index in [9.17, 15) is 9.59 Å². The van der Waals surface area contributed by atoms with Gasteiger partial charge in [-0.1, -0.05) is 25.5 Å². The third kappa shape index (κ3) is 7.11. The van der Waals surface area contributed by atoms with Gasteiger partial charge in [0.2, 0.25) is 11.8 Å². The summed E-state index contributed by atoms with van der Waals surface area (Å²) in [5, 5.41) is 5.98. The molecule has 1 aromatic rings. The maximum Gasteiger partial charge on any atom is 0.239 e. The molecule has 1 rings (SSSR count). The minimum absolute atomic E-state index is 0.00152. The van der Waals surface area contributed by atoms with Crippen LogP contribution >= 0.6 is 0 Å². The zero-order chi connectivity index (χ0) is 16.4. The molecule has 2 amide bonds. The van der Waals surface area contributed by atoms with Crippen molar-refractivity contribution in [2.24, 2.45) is 0 Å². The lowest BCUT2D eigenvalue weighted by Gasteiger charge is -2.11. The first kappa shape index (κ1) is 18.0. The van der Waals surface area contributed by atoms with Gasteiger partial charge in [-0.15, -0.1) is 0 Å². The molecule has 2 N–H and O–H groups in total. The van der Waals surface area contributed by atoms with E-state index >= 15 is 0 Å². The van der Waals surface area contributed by atoms with Gasteiger partial charge in [-0.2, -0.15) is 0 Å². The molecule has 0 spiro atoms. The highest BCUT2D eigenvalue weighted by molar-refractivity contribution is 5.80. The molecule has 22 heavy (non-hydrogen) atoms. The maximum absolute atomic E-state index is 11.6.